The molecule has 1 heteroatoms. The Kier molecular flexibility index (Phi) is 1.47. The topological polar surface area (TPSA) is 27.6 Å². The van der Waals surface area contributed by atoms with E-state index in [9.17, 15) is 0 Å². The van der Waals surface area contributed by atoms with E-state index < -0.39 is 0 Å². The van der Waals surface area contributed by atoms with E-state index in [1.165, 1.54) is 38.5 Å². The van der Waals surface area contributed by atoms with Crippen molar-refractivity contribution >= 4 is 0 Å². The molecular formula is C12H22N+. The van der Waals surface area contributed by atoms with Crippen molar-refractivity contribution in [2.75, 3.05) is 0 Å². The van der Waals surface area contributed by atoms with Gasteiger partial charge in [-0.1, -0.05) is 13.3 Å². The Morgan fingerprint density at radius 1 is 1.15 bits per heavy atom. The highest BCUT2D eigenvalue weighted by Gasteiger charge is 2.57. The maximum Gasteiger partial charge on any atom is 0.0956 e. The highest BCUT2D eigenvalue weighted by Crippen LogP contribution is 2.61. The first-order chi connectivity index (χ1) is 6.13. The molecule has 0 heterocycles. The summed E-state index contributed by atoms with van der Waals surface area (Å²) in [6, 6.07) is 0. The molecule has 1 nitrogen and oxygen atoms in total. The first-order valence-electron chi connectivity index (χ1n) is 5.99. The zero-order valence-corrected chi connectivity index (χ0v) is 8.81. The smallest absolute Gasteiger partial charge is 0.0956 e. The molecule has 0 unspecified atom stereocenters. The van der Waals surface area contributed by atoms with Gasteiger partial charge in [0.1, 0.15) is 0 Å². The van der Waals surface area contributed by atoms with Gasteiger partial charge in [0.25, 0.3) is 0 Å². The van der Waals surface area contributed by atoms with Gasteiger partial charge in [-0.05, 0) is 36.5 Å². The Labute approximate surface area is 81.1 Å². The van der Waals surface area contributed by atoms with Gasteiger partial charge >= 0.3 is 0 Å². The van der Waals surface area contributed by atoms with Gasteiger partial charge in [-0.25, -0.2) is 0 Å². The fourth-order valence-electron chi connectivity index (χ4n) is 5.06. The van der Waals surface area contributed by atoms with Crippen LogP contribution < -0.4 is 5.73 Å². The second kappa shape index (κ2) is 2.31. The maximum absolute atomic E-state index is 4.52. The van der Waals surface area contributed by atoms with Crippen LogP contribution in [-0.4, -0.2) is 5.54 Å². The average Bonchev–Trinajstić information content (AvgIpc) is 1.99. The lowest BCUT2D eigenvalue weighted by Crippen LogP contribution is -2.79. The van der Waals surface area contributed by atoms with Gasteiger partial charge in [0.15, 0.2) is 0 Å². The van der Waals surface area contributed by atoms with Gasteiger partial charge in [-0.2, -0.15) is 0 Å². The maximum atomic E-state index is 4.52. The minimum absolute atomic E-state index is 0.514. The zero-order chi connectivity index (χ0) is 9.10. The Balaban J connectivity index is 1.95. The number of hydrogen-bond donors (Lipinski definition) is 1. The minimum Gasteiger partial charge on any atom is -0.353 e. The van der Waals surface area contributed by atoms with E-state index >= 15 is 0 Å². The van der Waals surface area contributed by atoms with Crippen LogP contribution in [0.3, 0.4) is 0 Å². The molecule has 4 fully saturated rings. The molecule has 0 aromatic heterocycles. The highest BCUT2D eigenvalue weighted by molar-refractivity contribution is 5.07. The van der Waals surface area contributed by atoms with E-state index in [-0.39, 0.29) is 0 Å². The molecule has 4 bridgehead atoms. The molecule has 2 atom stereocenters. The summed E-state index contributed by atoms with van der Waals surface area (Å²) in [4.78, 5) is 0. The van der Waals surface area contributed by atoms with Crippen molar-refractivity contribution in [1.29, 1.82) is 0 Å². The van der Waals surface area contributed by atoms with Crippen LogP contribution in [0.15, 0.2) is 0 Å². The predicted molar refractivity (Wildman–Crippen MR) is 53.0 cm³/mol. The normalized spacial score (nSPS) is 58.6. The van der Waals surface area contributed by atoms with Gasteiger partial charge in [-0.15, -0.1) is 0 Å². The third kappa shape index (κ3) is 1.09. The molecule has 13 heavy (non-hydrogen) atoms. The van der Waals surface area contributed by atoms with Crippen molar-refractivity contribution < 1.29 is 5.73 Å². The van der Waals surface area contributed by atoms with Crippen LogP contribution in [0.4, 0.5) is 0 Å². The summed E-state index contributed by atoms with van der Waals surface area (Å²) < 4.78 is 0. The van der Waals surface area contributed by atoms with Crippen molar-refractivity contribution in [3.05, 3.63) is 0 Å². The van der Waals surface area contributed by atoms with E-state index in [4.69, 9.17) is 0 Å². The van der Waals surface area contributed by atoms with Gasteiger partial charge in [-0.3, -0.25) is 0 Å². The van der Waals surface area contributed by atoms with Gasteiger partial charge in [0.05, 0.1) is 5.54 Å². The van der Waals surface area contributed by atoms with Crippen molar-refractivity contribution in [3.8, 4) is 0 Å². The molecule has 0 saturated heterocycles. The monoisotopic (exact) mass is 180 g/mol. The number of quaternary nitrogens is 1. The molecule has 0 radical (unpaired) electrons. The largest absolute Gasteiger partial charge is 0.353 e. The van der Waals surface area contributed by atoms with Gasteiger partial charge in [0, 0.05) is 19.3 Å². The fourth-order valence-corrected chi connectivity index (χ4v) is 5.06. The van der Waals surface area contributed by atoms with E-state index in [0.717, 1.165) is 17.3 Å². The summed E-state index contributed by atoms with van der Waals surface area (Å²) in [6.45, 7) is 2.40. The lowest BCUT2D eigenvalue weighted by molar-refractivity contribution is -0.510. The minimum atomic E-state index is 0.514. The van der Waals surface area contributed by atoms with Crippen LogP contribution >= 0.6 is 0 Å². The summed E-state index contributed by atoms with van der Waals surface area (Å²) >= 11 is 0. The highest BCUT2D eigenvalue weighted by atomic mass is 14.8. The van der Waals surface area contributed by atoms with Crippen LogP contribution in [0.2, 0.25) is 0 Å². The van der Waals surface area contributed by atoms with Crippen molar-refractivity contribution in [2.24, 2.45) is 17.3 Å². The lowest BCUT2D eigenvalue weighted by atomic mass is 9.46. The van der Waals surface area contributed by atoms with Crippen molar-refractivity contribution in [1.82, 2.24) is 0 Å². The van der Waals surface area contributed by atoms with E-state index in [1.54, 1.807) is 6.42 Å². The van der Waals surface area contributed by atoms with Gasteiger partial charge < -0.3 is 5.73 Å². The third-order valence-electron chi connectivity index (χ3n) is 5.05. The Hall–Kier alpha value is -0.0400. The molecule has 0 amide bonds. The van der Waals surface area contributed by atoms with Crippen molar-refractivity contribution in [2.45, 2.75) is 57.4 Å². The van der Waals surface area contributed by atoms with Crippen molar-refractivity contribution in [3.63, 3.8) is 0 Å². The lowest BCUT2D eigenvalue weighted by Gasteiger charge is -2.59. The molecule has 4 saturated carbocycles. The standard InChI is InChI=1S/C12H21N/c1-2-11-4-9-3-10(5-11)7-12(13,6-9)8-11/h9-10H,2-8,13H2,1H3/p+1/t9-,10-,11?,12?/m0/s1. The summed E-state index contributed by atoms with van der Waals surface area (Å²) in [5, 5.41) is 0. The van der Waals surface area contributed by atoms with E-state index in [1.807, 2.05) is 0 Å². The predicted octanol–water partition coefficient (Wildman–Crippen LogP) is 1.98. The molecule has 0 aromatic rings. The second-order valence-electron chi connectivity index (χ2n) is 6.31. The van der Waals surface area contributed by atoms with Crippen LogP contribution in [0.5, 0.6) is 0 Å². The number of rotatable bonds is 1. The summed E-state index contributed by atoms with van der Waals surface area (Å²) in [5.74, 6) is 2.11. The number of hydrogen-bond acceptors (Lipinski definition) is 0. The van der Waals surface area contributed by atoms with Gasteiger partial charge in [0.2, 0.25) is 0 Å². The molecule has 74 valence electrons. The van der Waals surface area contributed by atoms with E-state index in [0.29, 0.717) is 5.54 Å². The third-order valence-corrected chi connectivity index (χ3v) is 5.05. The molecule has 0 spiro atoms. The average molecular weight is 180 g/mol. The molecule has 4 aliphatic rings. The van der Waals surface area contributed by atoms with Crippen LogP contribution in [0.1, 0.15) is 51.9 Å². The molecule has 0 aromatic carbocycles. The molecule has 4 aliphatic carbocycles. The zero-order valence-electron chi connectivity index (χ0n) is 8.81. The quantitative estimate of drug-likeness (QED) is 0.639. The first kappa shape index (κ1) is 8.28. The van der Waals surface area contributed by atoms with Crippen LogP contribution in [0, 0.1) is 17.3 Å². The molecule has 0 aliphatic heterocycles. The fraction of sp³-hybridized carbons (Fsp3) is 1.00. The van der Waals surface area contributed by atoms with Crippen LogP contribution in [0.25, 0.3) is 0 Å². The molecule has 3 N–H and O–H groups in total. The molecule has 4 rings (SSSR count). The summed E-state index contributed by atoms with van der Waals surface area (Å²) in [6.07, 6.45) is 10.4. The Bertz CT molecular complexity index is 219. The first-order valence-corrected chi connectivity index (χ1v) is 5.99. The van der Waals surface area contributed by atoms with E-state index in [2.05, 4.69) is 12.7 Å². The SMILES string of the molecule is CCC12C[C@@H]3C[C@H](CC([NH3+])(C3)C1)C2. The molecular weight excluding hydrogens is 158 g/mol. The Morgan fingerprint density at radius 2 is 1.77 bits per heavy atom. The second-order valence-corrected chi connectivity index (χ2v) is 6.31. The Morgan fingerprint density at radius 3 is 2.23 bits per heavy atom. The summed E-state index contributed by atoms with van der Waals surface area (Å²) in [5.41, 5.74) is 5.78. The summed E-state index contributed by atoms with van der Waals surface area (Å²) in [7, 11) is 0. The van der Waals surface area contributed by atoms with Crippen LogP contribution in [-0.2, 0) is 0 Å².